The summed E-state index contributed by atoms with van der Waals surface area (Å²) in [6.07, 6.45) is 4.74. The van der Waals surface area contributed by atoms with Gasteiger partial charge in [0.15, 0.2) is 0 Å². The van der Waals surface area contributed by atoms with Crippen LogP contribution in [0.3, 0.4) is 0 Å². The monoisotopic (exact) mass is 167 g/mol. The van der Waals surface area contributed by atoms with Crippen molar-refractivity contribution in [1.82, 2.24) is 5.32 Å². The van der Waals surface area contributed by atoms with Crippen molar-refractivity contribution in [3.8, 4) is 0 Å². The van der Waals surface area contributed by atoms with Gasteiger partial charge in [0, 0.05) is 6.04 Å². The Hall–Kier alpha value is -0.790. The predicted molar refractivity (Wildman–Crippen MR) is 49.8 cm³/mol. The number of carbonyl (C=O) groups is 1. The van der Waals surface area contributed by atoms with Crippen LogP contribution >= 0.6 is 0 Å². The number of carbonyl (C=O) groups excluding carboxylic acids is 1. The Morgan fingerprint density at radius 2 is 2.33 bits per heavy atom. The summed E-state index contributed by atoms with van der Waals surface area (Å²) in [6.45, 7) is 7.91. The number of amides is 1. The van der Waals surface area contributed by atoms with E-state index in [1.165, 1.54) is 12.5 Å². The Morgan fingerprint density at radius 1 is 1.67 bits per heavy atom. The lowest BCUT2D eigenvalue weighted by Crippen LogP contribution is -2.31. The molecule has 0 radical (unpaired) electrons. The van der Waals surface area contributed by atoms with Gasteiger partial charge < -0.3 is 5.32 Å². The lowest BCUT2D eigenvalue weighted by Gasteiger charge is -2.17. The van der Waals surface area contributed by atoms with Gasteiger partial charge in [0.1, 0.15) is 0 Å². The lowest BCUT2D eigenvalue weighted by atomic mass is 9.92. The van der Waals surface area contributed by atoms with Gasteiger partial charge >= 0.3 is 0 Å². The van der Waals surface area contributed by atoms with Crippen LogP contribution in [0.5, 0.6) is 0 Å². The largest absolute Gasteiger partial charge is 0.350 e. The second-order valence-electron chi connectivity index (χ2n) is 4.32. The number of rotatable bonds is 2. The zero-order valence-corrected chi connectivity index (χ0v) is 7.89. The summed E-state index contributed by atoms with van der Waals surface area (Å²) in [4.78, 5) is 10.9. The Kier molecular flexibility index (Phi) is 2.55. The third-order valence-electron chi connectivity index (χ3n) is 2.50. The highest BCUT2D eigenvalue weighted by Crippen LogP contribution is 2.36. The van der Waals surface area contributed by atoms with Crippen molar-refractivity contribution in [2.75, 3.05) is 0 Å². The number of hydrogen-bond acceptors (Lipinski definition) is 1. The van der Waals surface area contributed by atoms with Crippen LogP contribution < -0.4 is 5.32 Å². The summed E-state index contributed by atoms with van der Waals surface area (Å²) in [7, 11) is 0. The van der Waals surface area contributed by atoms with Crippen LogP contribution in [0.1, 0.15) is 33.1 Å². The van der Waals surface area contributed by atoms with Gasteiger partial charge in [-0.1, -0.05) is 20.4 Å². The van der Waals surface area contributed by atoms with Crippen molar-refractivity contribution in [3.63, 3.8) is 0 Å². The summed E-state index contributed by atoms with van der Waals surface area (Å²) >= 11 is 0. The average Bonchev–Trinajstić information content (AvgIpc) is 2.30. The average molecular weight is 167 g/mol. The van der Waals surface area contributed by atoms with E-state index in [-0.39, 0.29) is 5.91 Å². The minimum absolute atomic E-state index is 0.0438. The summed E-state index contributed by atoms with van der Waals surface area (Å²) in [5.74, 6) is -0.0438. The molecule has 1 amide bonds. The first-order valence-electron chi connectivity index (χ1n) is 4.46. The zero-order chi connectivity index (χ0) is 9.19. The Morgan fingerprint density at radius 3 is 2.75 bits per heavy atom. The molecule has 12 heavy (non-hydrogen) atoms. The summed E-state index contributed by atoms with van der Waals surface area (Å²) in [5, 5.41) is 2.93. The highest BCUT2D eigenvalue weighted by molar-refractivity contribution is 5.87. The first-order valence-corrected chi connectivity index (χ1v) is 4.46. The topological polar surface area (TPSA) is 29.1 Å². The molecule has 0 aromatic heterocycles. The molecule has 1 aliphatic carbocycles. The van der Waals surface area contributed by atoms with Gasteiger partial charge in [0.25, 0.3) is 0 Å². The maximum atomic E-state index is 10.9. The maximum Gasteiger partial charge on any atom is 0.243 e. The van der Waals surface area contributed by atoms with E-state index in [1.807, 2.05) is 0 Å². The van der Waals surface area contributed by atoms with E-state index in [0.29, 0.717) is 11.5 Å². The molecule has 0 aliphatic heterocycles. The Labute approximate surface area is 74.0 Å². The van der Waals surface area contributed by atoms with E-state index < -0.39 is 0 Å². The van der Waals surface area contributed by atoms with E-state index >= 15 is 0 Å². The Balaban J connectivity index is 2.38. The van der Waals surface area contributed by atoms with Crippen molar-refractivity contribution in [3.05, 3.63) is 12.7 Å². The Bertz CT molecular complexity index is 196. The second-order valence-corrected chi connectivity index (χ2v) is 4.32. The molecular weight excluding hydrogens is 150 g/mol. The summed E-state index contributed by atoms with van der Waals surface area (Å²) in [5.41, 5.74) is 0.402. The van der Waals surface area contributed by atoms with Gasteiger partial charge in [-0.05, 0) is 30.8 Å². The molecule has 0 bridgehead atoms. The molecule has 1 atom stereocenters. The predicted octanol–water partition coefficient (Wildman–Crippen LogP) is 1.87. The van der Waals surface area contributed by atoms with Crippen molar-refractivity contribution in [2.45, 2.75) is 39.2 Å². The lowest BCUT2D eigenvalue weighted by molar-refractivity contribution is -0.117. The standard InChI is InChI=1S/C10H17NO/c1-4-9(12)11-8-5-6-10(2,3)7-8/h4,8H,1,5-7H2,2-3H3,(H,11,12). The molecule has 1 rings (SSSR count). The minimum Gasteiger partial charge on any atom is -0.350 e. The molecule has 1 fully saturated rings. The van der Waals surface area contributed by atoms with Crippen LogP contribution in [0.25, 0.3) is 0 Å². The quantitative estimate of drug-likeness (QED) is 0.625. The molecule has 0 aromatic carbocycles. The molecule has 0 aromatic rings. The maximum absolute atomic E-state index is 10.9. The third-order valence-corrected chi connectivity index (χ3v) is 2.50. The molecule has 1 aliphatic rings. The van der Waals surface area contributed by atoms with Gasteiger partial charge in [-0.25, -0.2) is 0 Å². The van der Waals surface area contributed by atoms with E-state index in [1.54, 1.807) is 0 Å². The van der Waals surface area contributed by atoms with Gasteiger partial charge in [-0.2, -0.15) is 0 Å². The molecule has 0 spiro atoms. The fraction of sp³-hybridized carbons (Fsp3) is 0.700. The SMILES string of the molecule is C=CC(=O)NC1CCC(C)(C)C1. The van der Waals surface area contributed by atoms with Crippen molar-refractivity contribution in [1.29, 1.82) is 0 Å². The summed E-state index contributed by atoms with van der Waals surface area (Å²) < 4.78 is 0. The van der Waals surface area contributed by atoms with Crippen LogP contribution in [0.15, 0.2) is 12.7 Å². The molecule has 68 valence electrons. The first-order chi connectivity index (χ1) is 5.53. The van der Waals surface area contributed by atoms with E-state index in [4.69, 9.17) is 0 Å². The number of nitrogens with one attached hydrogen (secondary N) is 1. The smallest absolute Gasteiger partial charge is 0.243 e. The van der Waals surface area contributed by atoms with Gasteiger partial charge in [0.2, 0.25) is 5.91 Å². The zero-order valence-electron chi connectivity index (χ0n) is 7.89. The van der Waals surface area contributed by atoms with Crippen LogP contribution in [0.2, 0.25) is 0 Å². The highest BCUT2D eigenvalue weighted by atomic mass is 16.1. The molecule has 1 N–H and O–H groups in total. The summed E-state index contributed by atoms with van der Waals surface area (Å²) in [6, 6.07) is 0.366. The molecular formula is C10H17NO. The molecule has 0 saturated heterocycles. The van der Waals surface area contributed by atoms with Crippen molar-refractivity contribution >= 4 is 5.91 Å². The van der Waals surface area contributed by atoms with Crippen LogP contribution in [-0.4, -0.2) is 11.9 Å². The van der Waals surface area contributed by atoms with Crippen LogP contribution in [-0.2, 0) is 4.79 Å². The van der Waals surface area contributed by atoms with Crippen LogP contribution in [0.4, 0.5) is 0 Å². The normalized spacial score (nSPS) is 26.7. The van der Waals surface area contributed by atoms with Crippen LogP contribution in [0, 0.1) is 5.41 Å². The van der Waals surface area contributed by atoms with Gasteiger partial charge in [-0.15, -0.1) is 0 Å². The number of hydrogen-bond donors (Lipinski definition) is 1. The molecule has 2 nitrogen and oxygen atoms in total. The van der Waals surface area contributed by atoms with E-state index in [2.05, 4.69) is 25.7 Å². The molecule has 2 heteroatoms. The highest BCUT2D eigenvalue weighted by Gasteiger charge is 2.31. The minimum atomic E-state index is -0.0438. The fourth-order valence-corrected chi connectivity index (χ4v) is 1.82. The van der Waals surface area contributed by atoms with Crippen molar-refractivity contribution < 1.29 is 4.79 Å². The fourth-order valence-electron chi connectivity index (χ4n) is 1.82. The molecule has 1 unspecified atom stereocenters. The third kappa shape index (κ3) is 2.36. The van der Waals surface area contributed by atoms with Crippen molar-refractivity contribution in [2.24, 2.45) is 5.41 Å². The molecule has 0 heterocycles. The van der Waals surface area contributed by atoms with E-state index in [9.17, 15) is 4.79 Å². The van der Waals surface area contributed by atoms with E-state index in [0.717, 1.165) is 12.8 Å². The molecule has 1 saturated carbocycles. The van der Waals surface area contributed by atoms with Gasteiger partial charge in [0.05, 0.1) is 0 Å². The second kappa shape index (κ2) is 3.30. The first kappa shape index (κ1) is 9.30. The van der Waals surface area contributed by atoms with Gasteiger partial charge in [-0.3, -0.25) is 4.79 Å².